The fraction of sp³-hybridized carbons (Fsp3) is 0.381. The molecule has 1 aliphatic rings. The molecule has 3 rings (SSSR count). The van der Waals surface area contributed by atoms with E-state index in [2.05, 4.69) is 56.2 Å². The van der Waals surface area contributed by atoms with Gasteiger partial charge in [0.05, 0.1) is 16.3 Å². The predicted octanol–water partition coefficient (Wildman–Crippen LogP) is 2.95. The van der Waals surface area contributed by atoms with Gasteiger partial charge >= 0.3 is 0 Å². The van der Waals surface area contributed by atoms with Crippen LogP contribution >= 0.6 is 11.3 Å². The Hall–Kier alpha value is -2.69. The summed E-state index contributed by atoms with van der Waals surface area (Å²) >= 11 is 1.58. The van der Waals surface area contributed by atoms with Crippen molar-refractivity contribution in [3.8, 4) is 22.4 Å². The number of aryl methyl sites for hydroxylation is 1. The van der Waals surface area contributed by atoms with E-state index in [1.807, 2.05) is 13.8 Å². The third kappa shape index (κ3) is 5.41. The number of thiazole rings is 1. The zero-order valence-electron chi connectivity index (χ0n) is 16.4. The lowest BCUT2D eigenvalue weighted by Gasteiger charge is -2.11. The van der Waals surface area contributed by atoms with E-state index in [0.717, 1.165) is 45.4 Å². The number of rotatable bonds is 5. The number of hydrogen-bond donors (Lipinski definition) is 2. The lowest BCUT2D eigenvalue weighted by molar-refractivity contribution is 0.348. The second-order valence-corrected chi connectivity index (χ2v) is 7.82. The molecule has 7 heteroatoms. The van der Waals surface area contributed by atoms with Crippen molar-refractivity contribution in [1.82, 2.24) is 9.88 Å². The van der Waals surface area contributed by atoms with E-state index < -0.39 is 0 Å². The molecular weight excluding hydrogens is 368 g/mol. The largest absolute Gasteiger partial charge is 0.369 e. The van der Waals surface area contributed by atoms with Crippen molar-refractivity contribution in [3.63, 3.8) is 0 Å². The van der Waals surface area contributed by atoms with Gasteiger partial charge in [-0.2, -0.15) is 5.10 Å². The lowest BCUT2D eigenvalue weighted by Crippen LogP contribution is -2.22. The summed E-state index contributed by atoms with van der Waals surface area (Å²) in [5.74, 6) is 6.49. The second-order valence-electron chi connectivity index (χ2n) is 6.82. The quantitative estimate of drug-likeness (QED) is 0.353. The van der Waals surface area contributed by atoms with Gasteiger partial charge in [-0.3, -0.25) is 0 Å². The number of nitrogens with zero attached hydrogens (tertiary/aromatic N) is 4. The standard InChI is InChI=1S/C21H26N6S/c1-15-19(16(2)25-26-21(22)23)28-20(24-15)18-10-8-17(9-11-18)7-3-4-12-27-13-5-6-14-27/h8-11H,4-6,12-14H2,1-2H3,(H4,22,23,26)/b25-16+. The van der Waals surface area contributed by atoms with Gasteiger partial charge in [-0.15, -0.1) is 16.4 Å². The van der Waals surface area contributed by atoms with Crippen molar-refractivity contribution in [2.75, 3.05) is 19.6 Å². The minimum Gasteiger partial charge on any atom is -0.369 e. The summed E-state index contributed by atoms with van der Waals surface area (Å²) in [6.45, 7) is 7.36. The average Bonchev–Trinajstić information content (AvgIpc) is 3.33. The molecule has 0 bridgehead atoms. The number of aromatic nitrogens is 1. The molecule has 0 aliphatic carbocycles. The molecule has 0 atom stereocenters. The van der Waals surface area contributed by atoms with E-state index in [4.69, 9.17) is 11.5 Å². The van der Waals surface area contributed by atoms with Gasteiger partial charge in [0, 0.05) is 24.1 Å². The molecule has 1 saturated heterocycles. The molecule has 0 amide bonds. The van der Waals surface area contributed by atoms with Crippen LogP contribution in [-0.4, -0.2) is 41.2 Å². The van der Waals surface area contributed by atoms with Crippen LogP contribution in [0.2, 0.25) is 0 Å². The van der Waals surface area contributed by atoms with Gasteiger partial charge < -0.3 is 16.4 Å². The molecule has 28 heavy (non-hydrogen) atoms. The van der Waals surface area contributed by atoms with E-state index in [1.165, 1.54) is 25.9 Å². The van der Waals surface area contributed by atoms with Gasteiger partial charge in [-0.1, -0.05) is 24.0 Å². The third-order valence-electron chi connectivity index (χ3n) is 4.56. The number of hydrogen-bond acceptors (Lipinski definition) is 5. The zero-order chi connectivity index (χ0) is 19.9. The van der Waals surface area contributed by atoms with Crippen LogP contribution in [0.25, 0.3) is 10.6 Å². The van der Waals surface area contributed by atoms with Gasteiger partial charge in [0.15, 0.2) is 0 Å². The third-order valence-corrected chi connectivity index (χ3v) is 5.87. The first-order chi connectivity index (χ1) is 13.5. The summed E-state index contributed by atoms with van der Waals surface area (Å²) in [5, 5.41) is 8.71. The highest BCUT2D eigenvalue weighted by atomic mass is 32.1. The zero-order valence-corrected chi connectivity index (χ0v) is 17.2. The van der Waals surface area contributed by atoms with Crippen molar-refractivity contribution in [2.45, 2.75) is 33.1 Å². The van der Waals surface area contributed by atoms with E-state index in [1.54, 1.807) is 11.3 Å². The maximum Gasteiger partial charge on any atom is 0.211 e. The number of likely N-dealkylation sites (tertiary alicyclic amines) is 1. The van der Waals surface area contributed by atoms with E-state index in [0.29, 0.717) is 0 Å². The summed E-state index contributed by atoms with van der Waals surface area (Å²) in [6.07, 6.45) is 3.57. The molecule has 2 aromatic rings. The first-order valence-corrected chi connectivity index (χ1v) is 10.3. The Morgan fingerprint density at radius 2 is 1.89 bits per heavy atom. The van der Waals surface area contributed by atoms with Crippen molar-refractivity contribution < 1.29 is 0 Å². The van der Waals surface area contributed by atoms with Crippen LogP contribution in [0.4, 0.5) is 0 Å². The van der Waals surface area contributed by atoms with Gasteiger partial charge in [0.1, 0.15) is 5.01 Å². The highest BCUT2D eigenvalue weighted by Gasteiger charge is 2.12. The Balaban J connectivity index is 1.66. The average molecular weight is 395 g/mol. The Labute approximate surface area is 170 Å². The smallest absolute Gasteiger partial charge is 0.211 e. The Bertz CT molecular complexity index is 920. The van der Waals surface area contributed by atoms with Gasteiger partial charge in [-0.25, -0.2) is 4.98 Å². The van der Waals surface area contributed by atoms with Crippen LogP contribution in [-0.2, 0) is 0 Å². The summed E-state index contributed by atoms with van der Waals surface area (Å²) in [6, 6.07) is 8.23. The van der Waals surface area contributed by atoms with Crippen molar-refractivity contribution in [2.24, 2.45) is 21.7 Å². The minimum absolute atomic E-state index is 0.0566. The molecule has 2 heterocycles. The SMILES string of the molecule is C/C(=N\N=C(N)N)c1sc(-c2ccc(C#CCCN3CCCC3)cc2)nc1C. The summed E-state index contributed by atoms with van der Waals surface area (Å²) < 4.78 is 0. The molecule has 0 saturated carbocycles. The molecule has 1 aromatic carbocycles. The molecule has 0 spiro atoms. The molecule has 1 aromatic heterocycles. The van der Waals surface area contributed by atoms with Crippen LogP contribution in [0.3, 0.4) is 0 Å². The van der Waals surface area contributed by atoms with Crippen molar-refractivity contribution in [3.05, 3.63) is 40.4 Å². The maximum atomic E-state index is 5.34. The van der Waals surface area contributed by atoms with E-state index in [-0.39, 0.29) is 5.96 Å². The van der Waals surface area contributed by atoms with Crippen molar-refractivity contribution >= 4 is 23.0 Å². The predicted molar refractivity (Wildman–Crippen MR) is 117 cm³/mol. The number of guanidine groups is 1. The first-order valence-electron chi connectivity index (χ1n) is 9.45. The Morgan fingerprint density at radius 1 is 1.18 bits per heavy atom. The molecule has 6 nitrogen and oxygen atoms in total. The lowest BCUT2D eigenvalue weighted by atomic mass is 10.1. The molecule has 1 fully saturated rings. The highest BCUT2D eigenvalue weighted by Crippen LogP contribution is 2.28. The van der Waals surface area contributed by atoms with E-state index in [9.17, 15) is 0 Å². The number of nitrogens with two attached hydrogens (primary N) is 2. The topological polar surface area (TPSA) is 92.9 Å². The highest BCUT2D eigenvalue weighted by molar-refractivity contribution is 7.17. The minimum atomic E-state index is -0.0566. The molecule has 0 radical (unpaired) electrons. The first kappa shape index (κ1) is 20.1. The van der Waals surface area contributed by atoms with Crippen LogP contribution in [0.15, 0.2) is 34.5 Å². The molecular formula is C21H26N6S. The van der Waals surface area contributed by atoms with Crippen LogP contribution < -0.4 is 11.5 Å². The van der Waals surface area contributed by atoms with Gasteiger partial charge in [-0.05, 0) is 51.9 Å². The monoisotopic (exact) mass is 394 g/mol. The molecule has 4 N–H and O–H groups in total. The van der Waals surface area contributed by atoms with Crippen LogP contribution in [0.1, 0.15) is 42.3 Å². The summed E-state index contributed by atoms with van der Waals surface area (Å²) in [7, 11) is 0. The Morgan fingerprint density at radius 3 is 2.57 bits per heavy atom. The number of benzene rings is 1. The summed E-state index contributed by atoms with van der Waals surface area (Å²) in [4.78, 5) is 8.13. The fourth-order valence-electron chi connectivity index (χ4n) is 3.11. The normalized spacial score (nSPS) is 14.6. The molecule has 1 aliphatic heterocycles. The van der Waals surface area contributed by atoms with E-state index >= 15 is 0 Å². The fourth-order valence-corrected chi connectivity index (χ4v) is 4.13. The van der Waals surface area contributed by atoms with Crippen LogP contribution in [0.5, 0.6) is 0 Å². The molecule has 146 valence electrons. The second kappa shape index (κ2) is 9.49. The summed E-state index contributed by atoms with van der Waals surface area (Å²) in [5.41, 5.74) is 14.4. The van der Waals surface area contributed by atoms with Crippen LogP contribution in [0, 0.1) is 18.8 Å². The maximum absolute atomic E-state index is 5.34. The van der Waals surface area contributed by atoms with Gasteiger partial charge in [0.2, 0.25) is 5.96 Å². The molecule has 0 unspecified atom stereocenters. The Kier molecular flexibility index (Phi) is 6.80. The van der Waals surface area contributed by atoms with Gasteiger partial charge in [0.25, 0.3) is 0 Å². The van der Waals surface area contributed by atoms with Crippen molar-refractivity contribution in [1.29, 1.82) is 0 Å².